The largest absolute Gasteiger partial charge is 0.353 e. The van der Waals surface area contributed by atoms with Crippen LogP contribution in [-0.2, 0) is 29.3 Å². The van der Waals surface area contributed by atoms with Gasteiger partial charge in [-0.3, -0.25) is 0 Å². The van der Waals surface area contributed by atoms with Crippen molar-refractivity contribution in [2.24, 2.45) is 5.92 Å². The lowest BCUT2D eigenvalue weighted by Crippen LogP contribution is -2.49. The molecule has 0 aromatic carbocycles. The fourth-order valence-corrected chi connectivity index (χ4v) is 7.70. The molecule has 2 aliphatic rings. The van der Waals surface area contributed by atoms with Gasteiger partial charge in [0, 0.05) is 37.5 Å². The van der Waals surface area contributed by atoms with E-state index in [1.54, 1.807) is 4.31 Å². The first kappa shape index (κ1) is 22.9. The standard InChI is InChI=1S/C23H36N4O2S2/c1-4-6-8-20-24-22(21-18-10-9-17(3)16-19(18)30-23(21)25-20)26-11-13-27(14-12-26)31(28,29)15-7-5-2/h17H,4-16H2,1-3H3. The summed E-state index contributed by atoms with van der Waals surface area (Å²) in [5.74, 6) is 2.98. The molecule has 3 heterocycles. The SMILES string of the molecule is CCCCc1nc(N2CCN(S(=O)(=O)CCCC)CC2)c2c3c(sc2n1)CC(C)CC3. The number of hydrogen-bond donors (Lipinski definition) is 0. The lowest BCUT2D eigenvalue weighted by atomic mass is 9.89. The van der Waals surface area contributed by atoms with Gasteiger partial charge in [-0.1, -0.05) is 33.6 Å². The molecule has 1 unspecified atom stereocenters. The van der Waals surface area contributed by atoms with Crippen LogP contribution in [0.25, 0.3) is 10.2 Å². The van der Waals surface area contributed by atoms with Gasteiger partial charge in [0.25, 0.3) is 0 Å². The molecule has 1 atom stereocenters. The lowest BCUT2D eigenvalue weighted by molar-refractivity contribution is 0.383. The summed E-state index contributed by atoms with van der Waals surface area (Å²) < 4.78 is 27.0. The summed E-state index contributed by atoms with van der Waals surface area (Å²) in [7, 11) is -3.15. The third kappa shape index (κ3) is 4.91. The number of anilines is 1. The van der Waals surface area contributed by atoms with Crippen molar-refractivity contribution < 1.29 is 8.42 Å². The molecule has 0 amide bonds. The van der Waals surface area contributed by atoms with Gasteiger partial charge in [-0.05, 0) is 43.6 Å². The third-order valence-electron chi connectivity index (χ3n) is 6.62. The van der Waals surface area contributed by atoms with Crippen LogP contribution in [0.15, 0.2) is 0 Å². The summed E-state index contributed by atoms with van der Waals surface area (Å²) in [6, 6.07) is 0. The van der Waals surface area contributed by atoms with E-state index in [-0.39, 0.29) is 5.75 Å². The van der Waals surface area contributed by atoms with Gasteiger partial charge in [0.15, 0.2) is 0 Å². The van der Waals surface area contributed by atoms with Crippen LogP contribution in [0.5, 0.6) is 0 Å². The number of sulfonamides is 1. The van der Waals surface area contributed by atoms with Gasteiger partial charge in [0.2, 0.25) is 10.0 Å². The molecule has 0 saturated carbocycles. The first-order valence-corrected chi connectivity index (χ1v) is 14.4. The van der Waals surface area contributed by atoms with Crippen LogP contribution < -0.4 is 4.90 Å². The van der Waals surface area contributed by atoms with E-state index in [9.17, 15) is 8.42 Å². The van der Waals surface area contributed by atoms with Gasteiger partial charge >= 0.3 is 0 Å². The Labute approximate surface area is 191 Å². The Bertz CT molecular complexity index is 1010. The molecule has 2 aromatic rings. The quantitative estimate of drug-likeness (QED) is 0.579. The Morgan fingerprint density at radius 3 is 2.52 bits per heavy atom. The fraction of sp³-hybridized carbons (Fsp3) is 0.739. The van der Waals surface area contributed by atoms with Crippen molar-refractivity contribution in [1.82, 2.24) is 14.3 Å². The number of hydrogen-bond acceptors (Lipinski definition) is 6. The predicted octanol–water partition coefficient (Wildman–Crippen LogP) is 4.41. The Morgan fingerprint density at radius 1 is 1.06 bits per heavy atom. The molecular weight excluding hydrogens is 428 g/mol. The Balaban J connectivity index is 1.63. The summed E-state index contributed by atoms with van der Waals surface area (Å²) >= 11 is 1.86. The summed E-state index contributed by atoms with van der Waals surface area (Å²) in [6.07, 6.45) is 8.23. The van der Waals surface area contributed by atoms with Crippen molar-refractivity contribution in [3.63, 3.8) is 0 Å². The molecule has 6 nitrogen and oxygen atoms in total. The molecule has 0 N–H and O–H groups in total. The van der Waals surface area contributed by atoms with Crippen LogP contribution in [0.3, 0.4) is 0 Å². The van der Waals surface area contributed by atoms with Crippen LogP contribution in [-0.4, -0.2) is 54.6 Å². The molecule has 1 saturated heterocycles. The van der Waals surface area contributed by atoms with Crippen LogP contribution >= 0.6 is 11.3 Å². The predicted molar refractivity (Wildman–Crippen MR) is 130 cm³/mol. The molecule has 1 fully saturated rings. The van der Waals surface area contributed by atoms with E-state index in [1.807, 2.05) is 18.3 Å². The second-order valence-corrected chi connectivity index (χ2v) is 12.3. The third-order valence-corrected chi connectivity index (χ3v) is 9.73. The van der Waals surface area contributed by atoms with Crippen molar-refractivity contribution in [3.8, 4) is 0 Å². The van der Waals surface area contributed by atoms with Crippen molar-refractivity contribution in [1.29, 1.82) is 0 Å². The van der Waals surface area contributed by atoms with E-state index >= 15 is 0 Å². The number of piperazine rings is 1. The zero-order valence-corrected chi connectivity index (χ0v) is 20.8. The molecule has 1 aliphatic carbocycles. The second-order valence-electron chi connectivity index (χ2n) is 9.15. The average molecular weight is 465 g/mol. The summed E-state index contributed by atoms with van der Waals surface area (Å²) in [5, 5.41) is 1.24. The first-order valence-electron chi connectivity index (χ1n) is 12.0. The topological polar surface area (TPSA) is 66.4 Å². The normalized spacial score (nSPS) is 20.4. The van der Waals surface area contributed by atoms with Gasteiger partial charge in [0.1, 0.15) is 16.5 Å². The first-order chi connectivity index (χ1) is 14.9. The van der Waals surface area contributed by atoms with Gasteiger partial charge in [-0.25, -0.2) is 18.4 Å². The van der Waals surface area contributed by atoms with Crippen molar-refractivity contribution in [2.45, 2.75) is 72.1 Å². The number of aryl methyl sites for hydroxylation is 2. The van der Waals surface area contributed by atoms with Gasteiger partial charge in [-0.15, -0.1) is 11.3 Å². The van der Waals surface area contributed by atoms with Crippen LogP contribution in [0, 0.1) is 5.92 Å². The molecule has 4 rings (SSSR count). The highest BCUT2D eigenvalue weighted by molar-refractivity contribution is 7.89. The van der Waals surface area contributed by atoms with Crippen molar-refractivity contribution >= 4 is 37.4 Å². The van der Waals surface area contributed by atoms with Crippen LogP contribution in [0.2, 0.25) is 0 Å². The minimum atomic E-state index is -3.15. The zero-order chi connectivity index (χ0) is 22.0. The summed E-state index contributed by atoms with van der Waals surface area (Å²) in [6.45, 7) is 9.06. The molecule has 8 heteroatoms. The average Bonchev–Trinajstić information content (AvgIpc) is 3.13. The molecule has 31 heavy (non-hydrogen) atoms. The molecule has 2 aromatic heterocycles. The lowest BCUT2D eigenvalue weighted by Gasteiger charge is -2.35. The van der Waals surface area contributed by atoms with E-state index < -0.39 is 10.0 Å². The number of fused-ring (bicyclic) bond motifs is 3. The van der Waals surface area contributed by atoms with E-state index in [0.717, 1.165) is 67.3 Å². The highest BCUT2D eigenvalue weighted by atomic mass is 32.2. The smallest absolute Gasteiger partial charge is 0.214 e. The van der Waals surface area contributed by atoms with Crippen LogP contribution in [0.1, 0.15) is 69.1 Å². The molecule has 172 valence electrons. The highest BCUT2D eigenvalue weighted by Crippen LogP contribution is 2.41. The number of thiophene rings is 1. The van der Waals surface area contributed by atoms with Gasteiger partial charge < -0.3 is 4.90 Å². The summed E-state index contributed by atoms with van der Waals surface area (Å²) in [4.78, 5) is 14.9. The Hall–Kier alpha value is -1.25. The number of aromatic nitrogens is 2. The Kier molecular flexibility index (Phi) is 7.18. The maximum Gasteiger partial charge on any atom is 0.214 e. The van der Waals surface area contributed by atoms with Gasteiger partial charge in [0.05, 0.1) is 11.1 Å². The molecular formula is C23H36N4O2S2. The Morgan fingerprint density at radius 2 is 1.81 bits per heavy atom. The van der Waals surface area contributed by atoms with Crippen LogP contribution in [0.4, 0.5) is 5.82 Å². The van der Waals surface area contributed by atoms with Crippen molar-refractivity contribution in [3.05, 3.63) is 16.3 Å². The minimum Gasteiger partial charge on any atom is -0.353 e. The highest BCUT2D eigenvalue weighted by Gasteiger charge is 2.30. The fourth-order valence-electron chi connectivity index (χ4n) is 4.68. The summed E-state index contributed by atoms with van der Waals surface area (Å²) in [5.41, 5.74) is 1.45. The number of rotatable bonds is 8. The van der Waals surface area contributed by atoms with Crippen molar-refractivity contribution in [2.75, 3.05) is 36.8 Å². The molecule has 0 spiro atoms. The van der Waals surface area contributed by atoms with E-state index in [0.29, 0.717) is 26.2 Å². The second kappa shape index (κ2) is 9.71. The zero-order valence-electron chi connectivity index (χ0n) is 19.2. The van der Waals surface area contributed by atoms with E-state index in [2.05, 4.69) is 18.7 Å². The molecule has 0 radical (unpaired) electrons. The van der Waals surface area contributed by atoms with E-state index in [1.165, 1.54) is 22.2 Å². The van der Waals surface area contributed by atoms with E-state index in [4.69, 9.17) is 9.97 Å². The maximum absolute atomic E-state index is 12.6. The number of nitrogens with zero attached hydrogens (tertiary/aromatic N) is 4. The minimum absolute atomic E-state index is 0.263. The molecule has 0 bridgehead atoms. The maximum atomic E-state index is 12.6. The van der Waals surface area contributed by atoms with Gasteiger partial charge in [-0.2, -0.15) is 4.31 Å². The molecule has 1 aliphatic heterocycles. The number of unbranched alkanes of at least 4 members (excludes halogenated alkanes) is 2. The monoisotopic (exact) mass is 464 g/mol.